The van der Waals surface area contributed by atoms with E-state index in [0.29, 0.717) is 0 Å². The molecule has 1 rings (SSSR count). The van der Waals surface area contributed by atoms with Crippen molar-refractivity contribution in [2.24, 2.45) is 11.0 Å². The van der Waals surface area contributed by atoms with Crippen LogP contribution in [0.15, 0.2) is 5.11 Å². The van der Waals surface area contributed by atoms with Crippen molar-refractivity contribution in [2.75, 3.05) is 6.61 Å². The molecule has 0 aliphatic carbocycles. The largest absolute Gasteiger partial charge is 0.394 e. The zero-order valence-electron chi connectivity index (χ0n) is 9.26. The summed E-state index contributed by atoms with van der Waals surface area (Å²) in [6.45, 7) is 3.30. The lowest BCUT2D eigenvalue weighted by Gasteiger charge is -2.42. The minimum atomic E-state index is -1.19. The Hall–Kier alpha value is -0.850. The maximum Gasteiger partial charge on any atom is 0.107 e. The summed E-state index contributed by atoms with van der Waals surface area (Å²) < 4.78 is 5.36. The number of aliphatic hydroxyl groups excluding tert-OH is 3. The van der Waals surface area contributed by atoms with Crippen LogP contribution in [0, 0.1) is 5.92 Å². The zero-order chi connectivity index (χ0) is 12.3. The normalized spacial score (nSPS) is 39.5. The van der Waals surface area contributed by atoms with Gasteiger partial charge < -0.3 is 20.1 Å². The fourth-order valence-corrected chi connectivity index (χ4v) is 1.88. The summed E-state index contributed by atoms with van der Waals surface area (Å²) in [5, 5.41) is 32.0. The molecule has 2 unspecified atom stereocenters. The van der Waals surface area contributed by atoms with Gasteiger partial charge in [0.1, 0.15) is 6.10 Å². The van der Waals surface area contributed by atoms with E-state index < -0.39 is 30.5 Å². The predicted octanol–water partition coefficient (Wildman–Crippen LogP) is -0.197. The first-order valence-corrected chi connectivity index (χ1v) is 5.19. The summed E-state index contributed by atoms with van der Waals surface area (Å²) in [5.74, 6) is -0.00653. The third-order valence-corrected chi connectivity index (χ3v) is 2.77. The maximum absolute atomic E-state index is 9.88. The molecule has 0 amide bonds. The van der Waals surface area contributed by atoms with Crippen molar-refractivity contribution >= 4 is 0 Å². The molecule has 0 radical (unpaired) electrons. The molecule has 5 atom stereocenters. The molecule has 7 nitrogen and oxygen atoms in total. The van der Waals surface area contributed by atoms with Gasteiger partial charge in [0.25, 0.3) is 0 Å². The lowest BCUT2D eigenvalue weighted by molar-refractivity contribution is -0.199. The SMILES string of the molecule is CC(C)[C@@H]1OC(CO)[C@@H](O)[C@H](N=[N+]=[N-])C1O. The third-order valence-electron chi connectivity index (χ3n) is 2.77. The molecule has 0 bridgehead atoms. The summed E-state index contributed by atoms with van der Waals surface area (Å²) in [6, 6.07) is -0.983. The smallest absolute Gasteiger partial charge is 0.107 e. The number of aliphatic hydroxyl groups is 3. The quantitative estimate of drug-likeness (QED) is 0.354. The van der Waals surface area contributed by atoms with E-state index in [4.69, 9.17) is 15.4 Å². The number of rotatable bonds is 3. The fourth-order valence-electron chi connectivity index (χ4n) is 1.88. The Morgan fingerprint density at radius 3 is 2.44 bits per heavy atom. The molecule has 1 aliphatic heterocycles. The highest BCUT2D eigenvalue weighted by Gasteiger charge is 2.44. The molecule has 0 spiro atoms. The maximum atomic E-state index is 9.88. The number of ether oxygens (including phenoxy) is 1. The van der Waals surface area contributed by atoms with E-state index in [9.17, 15) is 10.2 Å². The van der Waals surface area contributed by atoms with Gasteiger partial charge in [-0.1, -0.05) is 19.0 Å². The highest BCUT2D eigenvalue weighted by molar-refractivity contribution is 4.97. The van der Waals surface area contributed by atoms with Gasteiger partial charge in [-0.15, -0.1) is 0 Å². The van der Waals surface area contributed by atoms with Gasteiger partial charge in [-0.05, 0) is 11.4 Å². The standard InChI is InChI=1S/C9H17N3O4/c1-4(2)9-8(15)6(11-12-10)7(14)5(3-13)16-9/h4-9,13-15H,3H2,1-2H3/t5?,6-,7+,8?,9-/m0/s1. The minimum Gasteiger partial charge on any atom is -0.394 e. The summed E-state index contributed by atoms with van der Waals surface area (Å²) in [4.78, 5) is 2.59. The molecule has 92 valence electrons. The number of nitrogens with zero attached hydrogens (tertiary/aromatic N) is 3. The van der Waals surface area contributed by atoms with Crippen LogP contribution in [0.5, 0.6) is 0 Å². The van der Waals surface area contributed by atoms with E-state index in [1.54, 1.807) is 0 Å². The Labute approximate surface area is 93.3 Å². The summed E-state index contributed by atoms with van der Waals surface area (Å²) in [7, 11) is 0. The number of hydrogen-bond acceptors (Lipinski definition) is 5. The first-order chi connectivity index (χ1) is 7.52. The van der Waals surface area contributed by atoms with E-state index in [2.05, 4.69) is 10.0 Å². The molecule has 1 fully saturated rings. The molecule has 0 aromatic heterocycles. The first-order valence-electron chi connectivity index (χ1n) is 5.19. The second-order valence-corrected chi connectivity index (χ2v) is 4.24. The monoisotopic (exact) mass is 231 g/mol. The van der Waals surface area contributed by atoms with Gasteiger partial charge in [0.2, 0.25) is 0 Å². The summed E-state index contributed by atoms with van der Waals surface area (Å²) in [6.07, 6.45) is -3.64. The first kappa shape index (κ1) is 13.2. The van der Waals surface area contributed by atoms with E-state index in [1.165, 1.54) is 0 Å². The summed E-state index contributed by atoms with van der Waals surface area (Å²) >= 11 is 0. The molecule has 7 heteroatoms. The summed E-state index contributed by atoms with van der Waals surface area (Å²) in [5.41, 5.74) is 8.37. The van der Waals surface area contributed by atoms with Crippen LogP contribution in [-0.2, 0) is 4.74 Å². The van der Waals surface area contributed by atoms with Crippen LogP contribution in [0.25, 0.3) is 10.4 Å². The van der Waals surface area contributed by atoms with Crippen LogP contribution in [0.4, 0.5) is 0 Å². The van der Waals surface area contributed by atoms with Crippen molar-refractivity contribution in [1.82, 2.24) is 0 Å². The van der Waals surface area contributed by atoms with Crippen molar-refractivity contribution in [3.63, 3.8) is 0 Å². The van der Waals surface area contributed by atoms with E-state index in [1.807, 2.05) is 13.8 Å². The van der Waals surface area contributed by atoms with Gasteiger partial charge in [-0.25, -0.2) is 0 Å². The van der Waals surface area contributed by atoms with Crippen LogP contribution >= 0.6 is 0 Å². The molecule has 0 aromatic rings. The predicted molar refractivity (Wildman–Crippen MR) is 55.5 cm³/mol. The van der Waals surface area contributed by atoms with Crippen molar-refractivity contribution in [3.05, 3.63) is 10.4 Å². The van der Waals surface area contributed by atoms with Gasteiger partial charge in [-0.2, -0.15) is 0 Å². The lowest BCUT2D eigenvalue weighted by Crippen LogP contribution is -2.58. The Morgan fingerprint density at radius 2 is 2.00 bits per heavy atom. The van der Waals surface area contributed by atoms with Crippen LogP contribution in [-0.4, -0.2) is 52.4 Å². The average molecular weight is 231 g/mol. The Balaban J connectivity index is 2.92. The molecular weight excluding hydrogens is 214 g/mol. The van der Waals surface area contributed by atoms with Crippen molar-refractivity contribution < 1.29 is 20.1 Å². The second kappa shape index (κ2) is 5.47. The average Bonchev–Trinajstić information content (AvgIpc) is 2.24. The molecule has 0 aromatic carbocycles. The third kappa shape index (κ3) is 2.45. The fraction of sp³-hybridized carbons (Fsp3) is 1.00. The highest BCUT2D eigenvalue weighted by atomic mass is 16.5. The molecule has 3 N–H and O–H groups in total. The molecule has 0 saturated carbocycles. The van der Waals surface area contributed by atoms with E-state index in [0.717, 1.165) is 0 Å². The Kier molecular flexibility index (Phi) is 4.52. The van der Waals surface area contributed by atoms with Gasteiger partial charge in [0, 0.05) is 4.91 Å². The van der Waals surface area contributed by atoms with Crippen LogP contribution in [0.2, 0.25) is 0 Å². The van der Waals surface area contributed by atoms with E-state index in [-0.39, 0.29) is 12.5 Å². The van der Waals surface area contributed by atoms with Crippen LogP contribution in [0.3, 0.4) is 0 Å². The van der Waals surface area contributed by atoms with Gasteiger partial charge in [0.15, 0.2) is 0 Å². The zero-order valence-corrected chi connectivity index (χ0v) is 9.26. The van der Waals surface area contributed by atoms with Crippen molar-refractivity contribution in [3.8, 4) is 0 Å². The second-order valence-electron chi connectivity index (χ2n) is 4.24. The molecule has 16 heavy (non-hydrogen) atoms. The van der Waals surface area contributed by atoms with Crippen LogP contribution in [0.1, 0.15) is 13.8 Å². The molecule has 1 aliphatic rings. The number of azide groups is 1. The lowest BCUT2D eigenvalue weighted by atomic mass is 9.88. The topological polar surface area (TPSA) is 119 Å². The molecular formula is C9H17N3O4. The van der Waals surface area contributed by atoms with Gasteiger partial charge >= 0.3 is 0 Å². The van der Waals surface area contributed by atoms with Gasteiger partial charge in [-0.3, -0.25) is 0 Å². The van der Waals surface area contributed by atoms with Crippen LogP contribution < -0.4 is 0 Å². The molecule has 1 saturated heterocycles. The van der Waals surface area contributed by atoms with Gasteiger partial charge in [0.05, 0.1) is 31.0 Å². The van der Waals surface area contributed by atoms with Crippen molar-refractivity contribution in [2.45, 2.75) is 44.3 Å². The molecule has 1 heterocycles. The minimum absolute atomic E-state index is 0.00653. The van der Waals surface area contributed by atoms with E-state index >= 15 is 0 Å². The number of hydrogen-bond donors (Lipinski definition) is 3. The Bertz CT molecular complexity index is 280. The van der Waals surface area contributed by atoms with Crippen molar-refractivity contribution in [1.29, 1.82) is 0 Å². The highest BCUT2D eigenvalue weighted by Crippen LogP contribution is 2.27. The Morgan fingerprint density at radius 1 is 1.38 bits per heavy atom.